The van der Waals surface area contributed by atoms with Gasteiger partial charge in [-0.15, -0.1) is 0 Å². The van der Waals surface area contributed by atoms with Crippen LogP contribution in [0, 0.1) is 0 Å². The van der Waals surface area contributed by atoms with Gasteiger partial charge in [0, 0.05) is 50.4 Å². The molecule has 1 aliphatic heterocycles. The van der Waals surface area contributed by atoms with Crippen LogP contribution < -0.4 is 5.32 Å². The van der Waals surface area contributed by atoms with E-state index in [9.17, 15) is 9.59 Å². The molecular weight excluding hydrogens is 397 g/mol. The van der Waals surface area contributed by atoms with E-state index in [-0.39, 0.29) is 11.8 Å². The van der Waals surface area contributed by atoms with Crippen LogP contribution in [0.15, 0.2) is 42.5 Å². The third-order valence-electron chi connectivity index (χ3n) is 4.80. The topological polar surface area (TPSA) is 52.7 Å². The molecule has 0 bridgehead atoms. The zero-order valence-electron chi connectivity index (χ0n) is 15.8. The minimum atomic E-state index is -0.0714. The van der Waals surface area contributed by atoms with E-state index in [1.165, 1.54) is 0 Å². The summed E-state index contributed by atoms with van der Waals surface area (Å²) < 4.78 is 0. The Morgan fingerprint density at radius 3 is 2.46 bits per heavy atom. The van der Waals surface area contributed by atoms with E-state index in [0.717, 1.165) is 18.7 Å². The van der Waals surface area contributed by atoms with Crippen molar-refractivity contribution in [3.8, 4) is 0 Å². The molecule has 0 unspecified atom stereocenters. The monoisotopic (exact) mass is 419 g/mol. The van der Waals surface area contributed by atoms with Crippen molar-refractivity contribution in [1.29, 1.82) is 0 Å². The molecule has 7 heteroatoms. The summed E-state index contributed by atoms with van der Waals surface area (Å²) in [5.41, 5.74) is 2.22. The molecule has 2 aromatic rings. The molecule has 0 radical (unpaired) electrons. The molecule has 1 aliphatic rings. The van der Waals surface area contributed by atoms with Crippen molar-refractivity contribution in [2.45, 2.75) is 19.9 Å². The molecule has 28 heavy (non-hydrogen) atoms. The van der Waals surface area contributed by atoms with E-state index < -0.39 is 0 Å². The number of carbonyl (C=O) groups excluding carboxylic acids is 2. The highest BCUT2D eigenvalue weighted by molar-refractivity contribution is 6.42. The minimum Gasteiger partial charge on any atom is -0.336 e. The number of halogens is 2. The average molecular weight is 420 g/mol. The summed E-state index contributed by atoms with van der Waals surface area (Å²) in [6, 6.07) is 12.7. The number of benzene rings is 2. The maximum Gasteiger partial charge on any atom is 0.254 e. The van der Waals surface area contributed by atoms with Gasteiger partial charge in [-0.25, -0.2) is 0 Å². The average Bonchev–Trinajstić information content (AvgIpc) is 2.71. The van der Waals surface area contributed by atoms with Crippen LogP contribution in [0.25, 0.3) is 0 Å². The minimum absolute atomic E-state index is 0.0203. The van der Waals surface area contributed by atoms with Gasteiger partial charge in [-0.1, -0.05) is 48.3 Å². The summed E-state index contributed by atoms with van der Waals surface area (Å²) in [4.78, 5) is 28.5. The van der Waals surface area contributed by atoms with Crippen LogP contribution in [0.2, 0.25) is 10.0 Å². The predicted molar refractivity (Wildman–Crippen MR) is 113 cm³/mol. The van der Waals surface area contributed by atoms with Gasteiger partial charge in [-0.3, -0.25) is 14.5 Å². The van der Waals surface area contributed by atoms with Crippen molar-refractivity contribution in [3.63, 3.8) is 0 Å². The van der Waals surface area contributed by atoms with E-state index >= 15 is 0 Å². The summed E-state index contributed by atoms with van der Waals surface area (Å²) in [5.74, 6) is -0.0917. The molecule has 1 heterocycles. The first-order chi connectivity index (χ1) is 13.5. The lowest BCUT2D eigenvalue weighted by Crippen LogP contribution is -2.48. The molecule has 3 rings (SSSR count). The van der Waals surface area contributed by atoms with Crippen LogP contribution in [0.4, 0.5) is 5.69 Å². The maximum absolute atomic E-state index is 12.8. The summed E-state index contributed by atoms with van der Waals surface area (Å²) >= 11 is 12.4. The van der Waals surface area contributed by atoms with Crippen molar-refractivity contribution in [2.75, 3.05) is 31.5 Å². The third kappa shape index (κ3) is 5.04. The lowest BCUT2D eigenvalue weighted by molar-refractivity contribution is -0.115. The standard InChI is InChI=1S/C21H23Cl2N3O2/c1-2-19(27)24-17-7-3-5-15(13-17)21(28)26-11-9-25(10-12-26)14-16-6-4-8-18(22)20(16)23/h3-8,13H,2,9-12,14H2,1H3,(H,24,27). The number of anilines is 1. The summed E-state index contributed by atoms with van der Waals surface area (Å²) in [7, 11) is 0. The summed E-state index contributed by atoms with van der Waals surface area (Å²) in [6.07, 6.45) is 0.400. The number of nitrogens with one attached hydrogen (secondary N) is 1. The van der Waals surface area contributed by atoms with E-state index in [1.807, 2.05) is 17.0 Å². The highest BCUT2D eigenvalue weighted by atomic mass is 35.5. The van der Waals surface area contributed by atoms with Crippen molar-refractivity contribution in [2.24, 2.45) is 0 Å². The predicted octanol–water partition coefficient (Wildman–Crippen LogP) is 4.30. The first-order valence-electron chi connectivity index (χ1n) is 9.32. The molecule has 0 spiro atoms. The Hall–Kier alpha value is -2.08. The zero-order chi connectivity index (χ0) is 20.1. The highest BCUT2D eigenvalue weighted by Gasteiger charge is 2.23. The quantitative estimate of drug-likeness (QED) is 0.785. The lowest BCUT2D eigenvalue weighted by atomic mass is 10.1. The normalized spacial score (nSPS) is 14.8. The lowest BCUT2D eigenvalue weighted by Gasteiger charge is -2.35. The molecule has 0 aliphatic carbocycles. The van der Waals surface area contributed by atoms with Crippen LogP contribution in [0.3, 0.4) is 0 Å². The fourth-order valence-electron chi connectivity index (χ4n) is 3.18. The second-order valence-electron chi connectivity index (χ2n) is 6.76. The molecular formula is C21H23Cl2N3O2. The van der Waals surface area contributed by atoms with Crippen LogP contribution in [-0.2, 0) is 11.3 Å². The van der Waals surface area contributed by atoms with Gasteiger partial charge in [0.2, 0.25) is 5.91 Å². The number of nitrogens with zero attached hydrogens (tertiary/aromatic N) is 2. The van der Waals surface area contributed by atoms with Crippen molar-refractivity contribution < 1.29 is 9.59 Å². The smallest absolute Gasteiger partial charge is 0.254 e. The van der Waals surface area contributed by atoms with Gasteiger partial charge in [-0.05, 0) is 29.8 Å². The molecule has 148 valence electrons. The molecule has 2 amide bonds. The Morgan fingerprint density at radius 1 is 1.04 bits per heavy atom. The summed E-state index contributed by atoms with van der Waals surface area (Å²) in [5, 5.41) is 3.94. The van der Waals surface area contributed by atoms with Gasteiger partial charge in [0.1, 0.15) is 0 Å². The number of carbonyl (C=O) groups is 2. The van der Waals surface area contributed by atoms with Gasteiger partial charge in [0.25, 0.3) is 5.91 Å². The molecule has 1 saturated heterocycles. The molecule has 0 saturated carbocycles. The zero-order valence-corrected chi connectivity index (χ0v) is 17.3. The van der Waals surface area contributed by atoms with Crippen LogP contribution in [0.5, 0.6) is 0 Å². The van der Waals surface area contributed by atoms with E-state index in [1.54, 1.807) is 37.3 Å². The summed E-state index contributed by atoms with van der Waals surface area (Å²) in [6.45, 7) is 5.31. The van der Waals surface area contributed by atoms with E-state index in [4.69, 9.17) is 23.2 Å². The Labute approximate surface area is 175 Å². The molecule has 0 aromatic heterocycles. The van der Waals surface area contributed by atoms with Crippen LogP contribution in [-0.4, -0.2) is 47.8 Å². The van der Waals surface area contributed by atoms with E-state index in [0.29, 0.717) is 47.4 Å². The third-order valence-corrected chi connectivity index (χ3v) is 5.66. The van der Waals surface area contributed by atoms with Crippen molar-refractivity contribution in [3.05, 3.63) is 63.6 Å². The van der Waals surface area contributed by atoms with E-state index in [2.05, 4.69) is 10.2 Å². The number of piperazine rings is 1. The SMILES string of the molecule is CCC(=O)Nc1cccc(C(=O)N2CCN(Cc3cccc(Cl)c3Cl)CC2)c1. The van der Waals surface area contributed by atoms with Crippen molar-refractivity contribution in [1.82, 2.24) is 9.80 Å². The Balaban J connectivity index is 1.59. The number of rotatable bonds is 5. The molecule has 1 N–H and O–H groups in total. The van der Waals surface area contributed by atoms with Gasteiger partial charge < -0.3 is 10.2 Å². The Bertz CT molecular complexity index is 864. The second kappa shape index (κ2) is 9.41. The first kappa shape index (κ1) is 20.6. The first-order valence-corrected chi connectivity index (χ1v) is 10.1. The molecule has 5 nitrogen and oxygen atoms in total. The van der Waals surface area contributed by atoms with Gasteiger partial charge in [0.05, 0.1) is 10.0 Å². The molecule has 1 fully saturated rings. The Kier molecular flexibility index (Phi) is 6.94. The van der Waals surface area contributed by atoms with Gasteiger partial charge in [0.15, 0.2) is 0 Å². The Morgan fingerprint density at radius 2 is 1.75 bits per heavy atom. The van der Waals surface area contributed by atoms with Gasteiger partial charge in [-0.2, -0.15) is 0 Å². The number of hydrogen-bond acceptors (Lipinski definition) is 3. The fourth-order valence-corrected chi connectivity index (χ4v) is 3.56. The van der Waals surface area contributed by atoms with Crippen LogP contribution in [0.1, 0.15) is 29.3 Å². The number of hydrogen-bond donors (Lipinski definition) is 1. The second-order valence-corrected chi connectivity index (χ2v) is 7.55. The molecule has 2 aromatic carbocycles. The van der Waals surface area contributed by atoms with Crippen LogP contribution >= 0.6 is 23.2 Å². The maximum atomic E-state index is 12.8. The molecule has 0 atom stereocenters. The van der Waals surface area contributed by atoms with Crippen molar-refractivity contribution >= 4 is 40.7 Å². The fraction of sp³-hybridized carbons (Fsp3) is 0.333. The highest BCUT2D eigenvalue weighted by Crippen LogP contribution is 2.27. The van der Waals surface area contributed by atoms with Gasteiger partial charge >= 0.3 is 0 Å². The number of amides is 2. The largest absolute Gasteiger partial charge is 0.336 e.